The van der Waals surface area contributed by atoms with E-state index in [9.17, 15) is 24.5 Å². The lowest BCUT2D eigenvalue weighted by Gasteiger charge is -2.12. The topological polar surface area (TPSA) is 125 Å². The van der Waals surface area contributed by atoms with Gasteiger partial charge in [-0.25, -0.2) is 4.79 Å². The van der Waals surface area contributed by atoms with Gasteiger partial charge in [0.05, 0.1) is 16.6 Å². The van der Waals surface area contributed by atoms with Gasteiger partial charge in [0.15, 0.2) is 12.4 Å². The summed E-state index contributed by atoms with van der Waals surface area (Å²) in [4.78, 5) is 47.7. The van der Waals surface area contributed by atoms with Crippen LogP contribution in [0.1, 0.15) is 39.1 Å². The van der Waals surface area contributed by atoms with Crippen molar-refractivity contribution >= 4 is 34.9 Å². The maximum atomic E-state index is 12.9. The van der Waals surface area contributed by atoms with Crippen molar-refractivity contribution in [2.75, 3.05) is 19.8 Å². The number of nitrogens with one attached hydrogen (secondary N) is 1. The number of nitro benzene ring substituents is 1. The van der Waals surface area contributed by atoms with Crippen molar-refractivity contribution in [2.45, 2.75) is 18.9 Å². The lowest BCUT2D eigenvalue weighted by Crippen LogP contribution is -2.34. The molecule has 10 heteroatoms. The van der Waals surface area contributed by atoms with Crippen LogP contribution in [0.15, 0.2) is 42.5 Å². The zero-order valence-corrected chi connectivity index (χ0v) is 17.1. The van der Waals surface area contributed by atoms with E-state index in [0.717, 1.165) is 18.9 Å². The third kappa shape index (κ3) is 5.65. The number of esters is 1. The Morgan fingerprint density at radius 1 is 1.19 bits per heavy atom. The molecule has 0 unspecified atom stereocenters. The molecule has 1 amide bonds. The number of ketones is 1. The minimum atomic E-state index is -0.861. The standard InChI is InChI=1S/C21H19ClN2O7/c22-17-8-7-13(10-18(17)24(28)29)20(26)15-5-1-2-6-16(15)21(27)31-12-19(25)23-11-14-4-3-9-30-14/h1-2,5-8,10,14H,3-4,9,11-12H2,(H,23,25)/t14-/m0/s1. The van der Waals surface area contributed by atoms with Gasteiger partial charge in [-0.15, -0.1) is 0 Å². The smallest absolute Gasteiger partial charge is 0.339 e. The molecule has 162 valence electrons. The van der Waals surface area contributed by atoms with E-state index in [1.807, 2.05) is 0 Å². The van der Waals surface area contributed by atoms with Crippen LogP contribution in [0.3, 0.4) is 0 Å². The minimum absolute atomic E-state index is 0.00865. The third-order valence-electron chi connectivity index (χ3n) is 4.68. The summed E-state index contributed by atoms with van der Waals surface area (Å²) < 4.78 is 10.4. The monoisotopic (exact) mass is 446 g/mol. The van der Waals surface area contributed by atoms with Crippen molar-refractivity contribution in [3.05, 3.63) is 74.3 Å². The molecular formula is C21H19ClN2O7. The summed E-state index contributed by atoms with van der Waals surface area (Å²) in [6.07, 6.45) is 1.76. The number of amides is 1. The van der Waals surface area contributed by atoms with E-state index in [-0.39, 0.29) is 27.8 Å². The summed E-state index contributed by atoms with van der Waals surface area (Å²) in [6, 6.07) is 9.48. The zero-order valence-electron chi connectivity index (χ0n) is 16.3. The van der Waals surface area contributed by atoms with Crippen LogP contribution in [0.5, 0.6) is 0 Å². The Morgan fingerprint density at radius 2 is 1.94 bits per heavy atom. The van der Waals surface area contributed by atoms with E-state index in [2.05, 4.69) is 5.32 Å². The van der Waals surface area contributed by atoms with E-state index in [0.29, 0.717) is 13.2 Å². The Balaban J connectivity index is 1.68. The first-order valence-electron chi connectivity index (χ1n) is 9.50. The zero-order chi connectivity index (χ0) is 22.4. The molecule has 1 saturated heterocycles. The largest absolute Gasteiger partial charge is 0.452 e. The van der Waals surface area contributed by atoms with Crippen LogP contribution >= 0.6 is 11.6 Å². The van der Waals surface area contributed by atoms with E-state index < -0.39 is 34.9 Å². The van der Waals surface area contributed by atoms with Crippen molar-refractivity contribution < 1.29 is 28.8 Å². The second-order valence-corrected chi connectivity index (χ2v) is 7.22. The van der Waals surface area contributed by atoms with Crippen LogP contribution in [0.25, 0.3) is 0 Å². The molecule has 1 N–H and O–H groups in total. The minimum Gasteiger partial charge on any atom is -0.452 e. The SMILES string of the molecule is O=C(COC(=O)c1ccccc1C(=O)c1ccc(Cl)c([N+](=O)[O-])c1)NC[C@@H]1CCCO1. The normalized spacial score (nSPS) is 15.3. The second-order valence-electron chi connectivity index (χ2n) is 6.81. The number of nitrogens with zero attached hydrogens (tertiary/aromatic N) is 1. The highest BCUT2D eigenvalue weighted by molar-refractivity contribution is 6.33. The molecule has 1 atom stereocenters. The molecule has 1 aliphatic heterocycles. The first-order valence-corrected chi connectivity index (χ1v) is 9.87. The first kappa shape index (κ1) is 22.4. The molecular weight excluding hydrogens is 428 g/mol. The summed E-state index contributed by atoms with van der Waals surface area (Å²) in [7, 11) is 0. The molecule has 1 aliphatic rings. The van der Waals surface area contributed by atoms with E-state index in [1.165, 1.54) is 30.3 Å². The highest BCUT2D eigenvalue weighted by Gasteiger charge is 2.23. The van der Waals surface area contributed by atoms with Gasteiger partial charge >= 0.3 is 5.97 Å². The maximum Gasteiger partial charge on any atom is 0.339 e. The Labute approximate surface area is 182 Å². The Morgan fingerprint density at radius 3 is 2.61 bits per heavy atom. The van der Waals surface area contributed by atoms with Crippen molar-refractivity contribution in [1.82, 2.24) is 5.32 Å². The summed E-state index contributed by atoms with van der Waals surface area (Å²) in [5, 5.41) is 13.6. The fourth-order valence-electron chi connectivity index (χ4n) is 3.10. The summed E-state index contributed by atoms with van der Waals surface area (Å²) in [5.74, 6) is -1.96. The molecule has 0 aliphatic carbocycles. The van der Waals surface area contributed by atoms with Crippen molar-refractivity contribution in [3.63, 3.8) is 0 Å². The first-order chi connectivity index (χ1) is 14.9. The summed E-state index contributed by atoms with van der Waals surface area (Å²) in [5.41, 5.74) is -0.498. The molecule has 0 spiro atoms. The van der Waals surface area contributed by atoms with Crippen molar-refractivity contribution in [3.8, 4) is 0 Å². The third-order valence-corrected chi connectivity index (χ3v) is 5.00. The number of ether oxygens (including phenoxy) is 2. The summed E-state index contributed by atoms with van der Waals surface area (Å²) in [6.45, 7) is 0.485. The Hall–Kier alpha value is -3.30. The number of hydrogen-bond donors (Lipinski definition) is 1. The molecule has 2 aromatic carbocycles. The van der Waals surface area contributed by atoms with Gasteiger partial charge in [-0.05, 0) is 31.0 Å². The fourth-order valence-corrected chi connectivity index (χ4v) is 3.29. The lowest BCUT2D eigenvalue weighted by molar-refractivity contribution is -0.384. The summed E-state index contributed by atoms with van der Waals surface area (Å²) >= 11 is 5.79. The second kappa shape index (κ2) is 10.1. The molecule has 0 saturated carbocycles. The van der Waals surface area contributed by atoms with E-state index >= 15 is 0 Å². The predicted molar refractivity (Wildman–Crippen MR) is 110 cm³/mol. The van der Waals surface area contributed by atoms with Crippen molar-refractivity contribution in [1.29, 1.82) is 0 Å². The van der Waals surface area contributed by atoms with Crippen molar-refractivity contribution in [2.24, 2.45) is 0 Å². The van der Waals surface area contributed by atoms with Crippen LogP contribution in [-0.2, 0) is 14.3 Å². The number of carbonyl (C=O) groups is 3. The average molecular weight is 447 g/mol. The molecule has 9 nitrogen and oxygen atoms in total. The van der Waals surface area contributed by atoms with E-state index in [4.69, 9.17) is 21.1 Å². The van der Waals surface area contributed by atoms with Crippen LogP contribution in [-0.4, -0.2) is 48.4 Å². The highest BCUT2D eigenvalue weighted by Crippen LogP contribution is 2.27. The number of carbonyl (C=O) groups excluding carboxylic acids is 3. The maximum absolute atomic E-state index is 12.9. The Bertz CT molecular complexity index is 1020. The molecule has 2 aromatic rings. The number of benzene rings is 2. The van der Waals surface area contributed by atoms with Gasteiger partial charge in [-0.3, -0.25) is 19.7 Å². The van der Waals surface area contributed by atoms with Crippen LogP contribution in [0.2, 0.25) is 5.02 Å². The predicted octanol–water partition coefficient (Wildman–Crippen LogP) is 2.93. The van der Waals surface area contributed by atoms with Gasteiger partial charge in [-0.1, -0.05) is 29.8 Å². The van der Waals surface area contributed by atoms with Crippen LogP contribution < -0.4 is 5.32 Å². The molecule has 0 bridgehead atoms. The van der Waals surface area contributed by atoms with Gasteiger partial charge in [-0.2, -0.15) is 0 Å². The Kier molecular flexibility index (Phi) is 7.32. The molecule has 0 aromatic heterocycles. The molecule has 1 fully saturated rings. The molecule has 0 radical (unpaired) electrons. The number of rotatable bonds is 8. The van der Waals surface area contributed by atoms with Gasteiger partial charge in [0.1, 0.15) is 5.02 Å². The highest BCUT2D eigenvalue weighted by atomic mass is 35.5. The quantitative estimate of drug-likeness (QED) is 0.286. The van der Waals surface area contributed by atoms with Crippen LogP contribution in [0, 0.1) is 10.1 Å². The van der Waals surface area contributed by atoms with Gasteiger partial charge in [0.25, 0.3) is 11.6 Å². The van der Waals surface area contributed by atoms with Gasteiger partial charge in [0, 0.05) is 30.3 Å². The van der Waals surface area contributed by atoms with Gasteiger partial charge < -0.3 is 14.8 Å². The molecule has 3 rings (SSSR count). The van der Waals surface area contributed by atoms with Gasteiger partial charge in [0.2, 0.25) is 0 Å². The van der Waals surface area contributed by atoms with E-state index in [1.54, 1.807) is 6.07 Å². The lowest BCUT2D eigenvalue weighted by atomic mass is 9.98. The molecule has 1 heterocycles. The fraction of sp³-hybridized carbons (Fsp3) is 0.286. The molecule has 31 heavy (non-hydrogen) atoms. The average Bonchev–Trinajstić information content (AvgIpc) is 3.29. The number of hydrogen-bond acceptors (Lipinski definition) is 7. The number of nitro groups is 1. The van der Waals surface area contributed by atoms with Crippen LogP contribution in [0.4, 0.5) is 5.69 Å². The number of halogens is 1.